The Morgan fingerprint density at radius 3 is 2.73 bits per heavy atom. The van der Waals surface area contributed by atoms with Gasteiger partial charge in [0.25, 0.3) is 0 Å². The summed E-state index contributed by atoms with van der Waals surface area (Å²) >= 11 is 0. The number of piperazine rings is 1. The zero-order valence-corrected chi connectivity index (χ0v) is 16.1. The molecule has 1 aromatic carbocycles. The van der Waals surface area contributed by atoms with E-state index in [1.165, 1.54) is 24.8 Å². The molecule has 0 unspecified atom stereocenters. The Kier molecular flexibility index (Phi) is 7.32. The van der Waals surface area contributed by atoms with Crippen molar-refractivity contribution in [2.24, 2.45) is 5.92 Å². The fourth-order valence-corrected chi connectivity index (χ4v) is 3.92. The highest BCUT2D eigenvalue weighted by Gasteiger charge is 2.22. The van der Waals surface area contributed by atoms with Crippen LogP contribution < -0.4 is 15.4 Å². The second-order valence-electron chi connectivity index (χ2n) is 7.43. The monoisotopic (exact) mass is 359 g/mol. The van der Waals surface area contributed by atoms with Crippen molar-refractivity contribution in [3.63, 3.8) is 0 Å². The number of nitrogens with one attached hydrogen (secondary N) is 2. The Hall–Kier alpha value is -1.59. The smallest absolute Gasteiger partial charge is 0.227 e. The summed E-state index contributed by atoms with van der Waals surface area (Å²) in [4.78, 5) is 15.1. The van der Waals surface area contributed by atoms with E-state index in [9.17, 15) is 4.79 Å². The van der Waals surface area contributed by atoms with Gasteiger partial charge >= 0.3 is 0 Å². The third kappa shape index (κ3) is 5.45. The number of rotatable bonds is 7. The van der Waals surface area contributed by atoms with Gasteiger partial charge in [-0.2, -0.15) is 0 Å². The summed E-state index contributed by atoms with van der Waals surface area (Å²) < 4.78 is 5.82. The van der Waals surface area contributed by atoms with Gasteiger partial charge in [0.1, 0.15) is 5.75 Å². The normalized spacial score (nSPS) is 19.3. The fraction of sp³-hybridized carbons (Fsp3) is 0.667. The van der Waals surface area contributed by atoms with E-state index in [-0.39, 0.29) is 11.8 Å². The molecule has 2 N–H and O–H groups in total. The van der Waals surface area contributed by atoms with Gasteiger partial charge in [0.05, 0.1) is 12.3 Å². The van der Waals surface area contributed by atoms with Gasteiger partial charge in [-0.25, -0.2) is 0 Å². The van der Waals surface area contributed by atoms with Crippen LogP contribution in [0.2, 0.25) is 0 Å². The number of hydrogen-bond acceptors (Lipinski definition) is 4. The molecule has 1 saturated carbocycles. The van der Waals surface area contributed by atoms with Gasteiger partial charge in [0.15, 0.2) is 0 Å². The average molecular weight is 360 g/mol. The number of ether oxygens (including phenoxy) is 1. The van der Waals surface area contributed by atoms with Crippen LogP contribution in [0.1, 0.15) is 44.6 Å². The average Bonchev–Trinajstić information content (AvgIpc) is 2.69. The standard InChI is InChI=1S/C21H33N3O2/c1-2-26-20-16-17(10-13-24-14-11-22-12-15-24)8-9-19(20)23-21(25)18-6-4-3-5-7-18/h8-9,16,18,22H,2-7,10-15H2,1H3,(H,23,25). The van der Waals surface area contributed by atoms with E-state index in [4.69, 9.17) is 4.74 Å². The highest BCUT2D eigenvalue weighted by Crippen LogP contribution is 2.29. The van der Waals surface area contributed by atoms with Gasteiger partial charge in [0, 0.05) is 38.6 Å². The molecule has 1 saturated heterocycles. The maximum absolute atomic E-state index is 12.6. The van der Waals surface area contributed by atoms with Crippen molar-refractivity contribution < 1.29 is 9.53 Å². The molecule has 2 aliphatic rings. The Bertz CT molecular complexity index is 579. The van der Waals surface area contributed by atoms with Crippen LogP contribution in [0.4, 0.5) is 5.69 Å². The van der Waals surface area contributed by atoms with E-state index in [0.29, 0.717) is 6.61 Å². The third-order valence-corrected chi connectivity index (χ3v) is 5.51. The lowest BCUT2D eigenvalue weighted by atomic mass is 9.88. The molecule has 5 heteroatoms. The lowest BCUT2D eigenvalue weighted by Crippen LogP contribution is -2.44. The predicted octanol–water partition coefficient (Wildman–Crippen LogP) is 3.05. The van der Waals surface area contributed by atoms with E-state index < -0.39 is 0 Å². The van der Waals surface area contributed by atoms with Gasteiger partial charge in [0.2, 0.25) is 5.91 Å². The van der Waals surface area contributed by atoms with E-state index in [1.807, 2.05) is 13.0 Å². The topological polar surface area (TPSA) is 53.6 Å². The van der Waals surface area contributed by atoms with Gasteiger partial charge < -0.3 is 20.3 Å². The molecule has 2 fully saturated rings. The first-order valence-electron chi connectivity index (χ1n) is 10.3. The van der Waals surface area contributed by atoms with E-state index in [2.05, 4.69) is 27.7 Å². The molecule has 0 aromatic heterocycles. The summed E-state index contributed by atoms with van der Waals surface area (Å²) in [6, 6.07) is 6.24. The fourth-order valence-electron chi connectivity index (χ4n) is 3.92. The maximum Gasteiger partial charge on any atom is 0.227 e. The van der Waals surface area contributed by atoms with Crippen molar-refractivity contribution in [2.75, 3.05) is 44.6 Å². The molecule has 1 aliphatic heterocycles. The highest BCUT2D eigenvalue weighted by atomic mass is 16.5. The second kappa shape index (κ2) is 9.93. The summed E-state index contributed by atoms with van der Waals surface area (Å²) in [6.07, 6.45) is 6.63. The molecule has 1 aliphatic carbocycles. The summed E-state index contributed by atoms with van der Waals surface area (Å²) in [7, 11) is 0. The minimum atomic E-state index is 0.152. The van der Waals surface area contributed by atoms with Crippen LogP contribution in [0.5, 0.6) is 5.75 Å². The molecule has 5 nitrogen and oxygen atoms in total. The molecule has 1 aromatic rings. The highest BCUT2D eigenvalue weighted by molar-refractivity contribution is 5.94. The number of carbonyl (C=O) groups excluding carboxylic acids is 1. The zero-order chi connectivity index (χ0) is 18.2. The SMILES string of the molecule is CCOc1cc(CCN2CCNCC2)ccc1NC(=O)C1CCCCC1. The third-order valence-electron chi connectivity index (χ3n) is 5.51. The maximum atomic E-state index is 12.6. The largest absolute Gasteiger partial charge is 0.492 e. The molecule has 0 atom stereocenters. The molecule has 144 valence electrons. The van der Waals surface area contributed by atoms with E-state index >= 15 is 0 Å². The molecule has 3 rings (SSSR count). The second-order valence-corrected chi connectivity index (χ2v) is 7.43. The molecular formula is C21H33N3O2. The lowest BCUT2D eigenvalue weighted by Gasteiger charge is -2.27. The Balaban J connectivity index is 1.60. The molecule has 1 heterocycles. The molecule has 0 bridgehead atoms. The zero-order valence-electron chi connectivity index (χ0n) is 16.1. The minimum Gasteiger partial charge on any atom is -0.492 e. The van der Waals surface area contributed by atoms with Gasteiger partial charge in [-0.15, -0.1) is 0 Å². The number of hydrogen-bond donors (Lipinski definition) is 2. The quantitative estimate of drug-likeness (QED) is 0.786. The predicted molar refractivity (Wildman–Crippen MR) is 106 cm³/mol. The molecule has 26 heavy (non-hydrogen) atoms. The number of nitrogens with zero attached hydrogens (tertiary/aromatic N) is 1. The minimum absolute atomic E-state index is 0.152. The van der Waals surface area contributed by atoms with Crippen LogP contribution in [0.3, 0.4) is 0 Å². The van der Waals surface area contributed by atoms with Crippen LogP contribution in [0.25, 0.3) is 0 Å². The number of anilines is 1. The lowest BCUT2D eigenvalue weighted by molar-refractivity contribution is -0.120. The Labute approximate surface area is 157 Å². The van der Waals surface area contributed by atoms with Crippen LogP contribution >= 0.6 is 0 Å². The van der Waals surface area contributed by atoms with Crippen LogP contribution in [0, 0.1) is 5.92 Å². The Morgan fingerprint density at radius 1 is 1.23 bits per heavy atom. The van der Waals surface area contributed by atoms with Crippen LogP contribution in [-0.2, 0) is 11.2 Å². The van der Waals surface area contributed by atoms with Crippen molar-refractivity contribution >= 4 is 11.6 Å². The molecule has 1 amide bonds. The first kappa shape index (κ1) is 19.2. The number of amides is 1. The van der Waals surface area contributed by atoms with Crippen molar-refractivity contribution in [1.82, 2.24) is 10.2 Å². The molecule has 0 radical (unpaired) electrons. The first-order chi connectivity index (χ1) is 12.8. The van der Waals surface area contributed by atoms with Crippen molar-refractivity contribution in [1.29, 1.82) is 0 Å². The van der Waals surface area contributed by atoms with Crippen molar-refractivity contribution in [3.05, 3.63) is 23.8 Å². The van der Waals surface area contributed by atoms with Crippen LogP contribution in [0.15, 0.2) is 18.2 Å². The van der Waals surface area contributed by atoms with Crippen LogP contribution in [-0.4, -0.2) is 50.1 Å². The summed E-state index contributed by atoms with van der Waals surface area (Å²) in [5.41, 5.74) is 2.08. The van der Waals surface area contributed by atoms with E-state index in [1.54, 1.807) is 0 Å². The first-order valence-corrected chi connectivity index (χ1v) is 10.3. The number of carbonyl (C=O) groups is 1. The number of benzene rings is 1. The van der Waals surface area contributed by atoms with E-state index in [0.717, 1.165) is 63.4 Å². The molecular weight excluding hydrogens is 326 g/mol. The van der Waals surface area contributed by atoms with Gasteiger partial charge in [-0.3, -0.25) is 4.79 Å². The van der Waals surface area contributed by atoms with Crippen molar-refractivity contribution in [3.8, 4) is 5.75 Å². The Morgan fingerprint density at radius 2 is 2.00 bits per heavy atom. The summed E-state index contributed by atoms with van der Waals surface area (Å²) in [6.45, 7) is 8.06. The molecule has 0 spiro atoms. The summed E-state index contributed by atoms with van der Waals surface area (Å²) in [5, 5.41) is 6.50. The van der Waals surface area contributed by atoms with Gasteiger partial charge in [-0.1, -0.05) is 25.3 Å². The van der Waals surface area contributed by atoms with Gasteiger partial charge in [-0.05, 0) is 43.9 Å². The summed E-state index contributed by atoms with van der Waals surface area (Å²) in [5.74, 6) is 1.11. The van der Waals surface area contributed by atoms with Crippen molar-refractivity contribution in [2.45, 2.75) is 45.4 Å².